The smallest absolute Gasteiger partial charge is 0.0719 e. The zero-order valence-corrected chi connectivity index (χ0v) is 7.63. The molecule has 0 amide bonds. The van der Waals surface area contributed by atoms with Gasteiger partial charge < -0.3 is 4.84 Å². The molecule has 1 rings (SSSR count). The van der Waals surface area contributed by atoms with Crippen LogP contribution in [0.4, 0.5) is 0 Å². The highest BCUT2D eigenvalue weighted by molar-refractivity contribution is 5.33. The predicted molar refractivity (Wildman–Crippen MR) is 49.8 cm³/mol. The van der Waals surface area contributed by atoms with Gasteiger partial charge in [-0.25, -0.2) is 5.90 Å². The third kappa shape index (κ3) is 2.06. The number of rotatable bonds is 3. The van der Waals surface area contributed by atoms with Gasteiger partial charge in [0.05, 0.1) is 6.61 Å². The quantitative estimate of drug-likeness (QED) is 0.692. The largest absolute Gasteiger partial charge is 0.304 e. The lowest BCUT2D eigenvalue weighted by atomic mass is 10.0. The average Bonchev–Trinajstić information content (AvgIpc) is 2.04. The van der Waals surface area contributed by atoms with Gasteiger partial charge in [0, 0.05) is 0 Å². The van der Waals surface area contributed by atoms with Crippen LogP contribution >= 0.6 is 0 Å². The van der Waals surface area contributed by atoms with Crippen molar-refractivity contribution in [3.8, 4) is 0 Å². The van der Waals surface area contributed by atoms with E-state index in [0.717, 1.165) is 6.42 Å². The van der Waals surface area contributed by atoms with E-state index in [9.17, 15) is 0 Å². The van der Waals surface area contributed by atoms with Crippen molar-refractivity contribution in [2.24, 2.45) is 5.90 Å². The monoisotopic (exact) mass is 165 g/mol. The normalized spacial score (nSPS) is 10.2. The molecule has 0 atom stereocenters. The third-order valence-corrected chi connectivity index (χ3v) is 2.11. The topological polar surface area (TPSA) is 35.2 Å². The van der Waals surface area contributed by atoms with Crippen LogP contribution in [-0.4, -0.2) is 6.61 Å². The van der Waals surface area contributed by atoms with Crippen molar-refractivity contribution in [2.75, 3.05) is 6.61 Å². The van der Waals surface area contributed by atoms with Crippen LogP contribution in [0.5, 0.6) is 0 Å². The Bertz CT molecular complexity index is 238. The number of hydrogen-bond donors (Lipinski definition) is 1. The van der Waals surface area contributed by atoms with E-state index < -0.39 is 0 Å². The molecule has 0 aliphatic carbocycles. The van der Waals surface area contributed by atoms with Crippen LogP contribution in [0.2, 0.25) is 0 Å². The first-order chi connectivity index (χ1) is 5.75. The Morgan fingerprint density at radius 2 is 1.83 bits per heavy atom. The van der Waals surface area contributed by atoms with Gasteiger partial charge in [-0.3, -0.25) is 0 Å². The lowest BCUT2D eigenvalue weighted by Crippen LogP contribution is -2.05. The minimum Gasteiger partial charge on any atom is -0.304 e. The molecule has 0 fully saturated rings. The molecule has 2 heteroatoms. The van der Waals surface area contributed by atoms with Gasteiger partial charge in [0.25, 0.3) is 0 Å². The lowest BCUT2D eigenvalue weighted by molar-refractivity contribution is 0.141. The van der Waals surface area contributed by atoms with Gasteiger partial charge in [0.1, 0.15) is 0 Å². The minimum atomic E-state index is 0.589. The van der Waals surface area contributed by atoms with Gasteiger partial charge in [-0.2, -0.15) is 0 Å². The fourth-order valence-corrected chi connectivity index (χ4v) is 1.40. The van der Waals surface area contributed by atoms with Gasteiger partial charge in [-0.1, -0.05) is 18.2 Å². The fraction of sp³-hybridized carbons (Fsp3) is 0.400. The Labute approximate surface area is 73.3 Å². The first-order valence-electron chi connectivity index (χ1n) is 4.12. The molecule has 0 saturated carbocycles. The van der Waals surface area contributed by atoms with E-state index in [1.165, 1.54) is 16.7 Å². The van der Waals surface area contributed by atoms with Crippen LogP contribution in [0.25, 0.3) is 0 Å². The summed E-state index contributed by atoms with van der Waals surface area (Å²) in [6.07, 6.45) is 0.898. The summed E-state index contributed by atoms with van der Waals surface area (Å²) < 4.78 is 0. The molecular weight excluding hydrogens is 150 g/mol. The van der Waals surface area contributed by atoms with Crippen LogP contribution < -0.4 is 5.90 Å². The number of hydrogen-bond acceptors (Lipinski definition) is 2. The Morgan fingerprint density at radius 3 is 2.33 bits per heavy atom. The van der Waals surface area contributed by atoms with Crippen molar-refractivity contribution in [1.29, 1.82) is 0 Å². The zero-order chi connectivity index (χ0) is 8.97. The molecule has 1 aromatic rings. The fourth-order valence-electron chi connectivity index (χ4n) is 1.40. The standard InChI is InChI=1S/C10H15NO/c1-8-4-3-5-9(2)10(8)6-7-12-11/h3-5H,6-7,11H2,1-2H3. The summed E-state index contributed by atoms with van der Waals surface area (Å²) >= 11 is 0. The second-order valence-electron chi connectivity index (χ2n) is 2.99. The van der Waals surface area contributed by atoms with Gasteiger partial charge >= 0.3 is 0 Å². The summed E-state index contributed by atoms with van der Waals surface area (Å²) in [5, 5.41) is 0. The average molecular weight is 165 g/mol. The van der Waals surface area contributed by atoms with Gasteiger partial charge in [0.15, 0.2) is 0 Å². The Kier molecular flexibility index (Phi) is 3.26. The maximum absolute atomic E-state index is 4.98. The molecule has 0 aliphatic heterocycles. The molecule has 0 bridgehead atoms. The van der Waals surface area contributed by atoms with Crippen LogP contribution in [-0.2, 0) is 11.3 Å². The summed E-state index contributed by atoms with van der Waals surface area (Å²) in [7, 11) is 0. The third-order valence-electron chi connectivity index (χ3n) is 2.11. The molecule has 66 valence electrons. The van der Waals surface area contributed by atoms with Crippen molar-refractivity contribution in [2.45, 2.75) is 20.3 Å². The molecule has 0 aliphatic rings. The molecular formula is C10H15NO. The summed E-state index contributed by atoms with van der Waals surface area (Å²) in [5.74, 6) is 4.98. The predicted octanol–water partition coefficient (Wildman–Crippen LogP) is 1.74. The number of nitrogens with two attached hydrogens (primary N) is 1. The minimum absolute atomic E-state index is 0.589. The highest BCUT2D eigenvalue weighted by Crippen LogP contribution is 2.13. The van der Waals surface area contributed by atoms with E-state index in [0.29, 0.717) is 6.61 Å². The molecule has 0 spiro atoms. The molecule has 2 N–H and O–H groups in total. The second kappa shape index (κ2) is 4.24. The number of benzene rings is 1. The van der Waals surface area contributed by atoms with Crippen LogP contribution in [0.1, 0.15) is 16.7 Å². The SMILES string of the molecule is Cc1cccc(C)c1CCON. The first-order valence-corrected chi connectivity index (χ1v) is 4.12. The molecule has 2 nitrogen and oxygen atoms in total. The van der Waals surface area contributed by atoms with Crippen LogP contribution in [0.3, 0.4) is 0 Å². The summed E-state index contributed by atoms with van der Waals surface area (Å²) in [5.41, 5.74) is 3.97. The molecule has 0 heterocycles. The van der Waals surface area contributed by atoms with E-state index >= 15 is 0 Å². The van der Waals surface area contributed by atoms with Crippen LogP contribution in [0, 0.1) is 13.8 Å². The second-order valence-corrected chi connectivity index (χ2v) is 2.99. The molecule has 0 unspecified atom stereocenters. The van der Waals surface area contributed by atoms with Crippen molar-refractivity contribution in [1.82, 2.24) is 0 Å². The van der Waals surface area contributed by atoms with E-state index in [1.807, 2.05) is 0 Å². The molecule has 1 aromatic carbocycles. The Morgan fingerprint density at radius 1 is 1.25 bits per heavy atom. The van der Waals surface area contributed by atoms with Crippen molar-refractivity contribution >= 4 is 0 Å². The van der Waals surface area contributed by atoms with Gasteiger partial charge in [0.2, 0.25) is 0 Å². The zero-order valence-electron chi connectivity index (χ0n) is 7.63. The van der Waals surface area contributed by atoms with E-state index in [2.05, 4.69) is 36.9 Å². The van der Waals surface area contributed by atoms with Gasteiger partial charge in [-0.15, -0.1) is 0 Å². The molecule has 0 radical (unpaired) electrons. The van der Waals surface area contributed by atoms with Crippen LogP contribution in [0.15, 0.2) is 18.2 Å². The Balaban J connectivity index is 2.81. The number of aryl methyl sites for hydroxylation is 2. The maximum atomic E-state index is 4.98. The molecule has 0 saturated heterocycles. The Hall–Kier alpha value is -0.860. The summed E-state index contributed by atoms with van der Waals surface area (Å²) in [4.78, 5) is 4.56. The lowest BCUT2D eigenvalue weighted by Gasteiger charge is -2.07. The highest BCUT2D eigenvalue weighted by atomic mass is 16.6. The maximum Gasteiger partial charge on any atom is 0.0719 e. The summed E-state index contributed by atoms with van der Waals surface area (Å²) in [6.45, 7) is 4.81. The molecule has 0 aromatic heterocycles. The van der Waals surface area contributed by atoms with Crippen molar-refractivity contribution in [3.05, 3.63) is 34.9 Å². The first kappa shape index (κ1) is 9.23. The summed E-state index contributed by atoms with van der Waals surface area (Å²) in [6, 6.07) is 6.29. The van der Waals surface area contributed by atoms with Crippen molar-refractivity contribution < 1.29 is 4.84 Å². The van der Waals surface area contributed by atoms with E-state index in [4.69, 9.17) is 5.90 Å². The van der Waals surface area contributed by atoms with Crippen molar-refractivity contribution in [3.63, 3.8) is 0 Å². The molecule has 12 heavy (non-hydrogen) atoms. The highest BCUT2D eigenvalue weighted by Gasteiger charge is 2.00. The van der Waals surface area contributed by atoms with Gasteiger partial charge in [-0.05, 0) is 37.0 Å². The van der Waals surface area contributed by atoms with E-state index in [-0.39, 0.29) is 0 Å². The van der Waals surface area contributed by atoms with E-state index in [1.54, 1.807) is 0 Å².